The van der Waals surface area contributed by atoms with Crippen molar-refractivity contribution in [1.29, 1.82) is 0 Å². The van der Waals surface area contributed by atoms with Crippen LogP contribution < -0.4 is 10.6 Å². The number of ether oxygens (including phenoxy) is 1. The minimum Gasteiger partial charge on any atom is -0.359 e. The maximum absolute atomic E-state index is 14.1. The maximum atomic E-state index is 14.1. The van der Waals surface area contributed by atoms with E-state index in [4.69, 9.17) is 27.9 Å². The lowest BCUT2D eigenvalue weighted by molar-refractivity contribution is -0.141. The molecule has 39 heavy (non-hydrogen) atoms. The van der Waals surface area contributed by atoms with Gasteiger partial charge in [-0.25, -0.2) is 0 Å². The second-order valence-corrected chi connectivity index (χ2v) is 12.2. The summed E-state index contributed by atoms with van der Waals surface area (Å²) >= 11 is 12.2. The normalized spacial score (nSPS) is 29.8. The predicted octanol–water partition coefficient (Wildman–Crippen LogP) is 4.26. The molecule has 0 unspecified atom stereocenters. The lowest BCUT2D eigenvalue weighted by atomic mass is 9.74. The summed E-state index contributed by atoms with van der Waals surface area (Å²) in [5, 5.41) is 6.83. The van der Waals surface area contributed by atoms with Crippen LogP contribution in [0.2, 0.25) is 10.0 Å². The molecule has 3 aliphatic heterocycles. The molecule has 2 saturated heterocycles. The van der Waals surface area contributed by atoms with Crippen molar-refractivity contribution in [2.24, 2.45) is 11.8 Å². The van der Waals surface area contributed by atoms with Crippen molar-refractivity contribution in [3.8, 4) is 0 Å². The first kappa shape index (κ1) is 28.4. The number of likely N-dealkylation sites (tertiary alicyclic amines) is 1. The summed E-state index contributed by atoms with van der Waals surface area (Å²) in [5.41, 5.74) is -0.677. The molecular formula is C29H38Cl2N4O4. The summed E-state index contributed by atoms with van der Waals surface area (Å²) in [6, 6.07) is 4.14. The Hall–Kier alpha value is -2.13. The number of hydrogen-bond acceptors (Lipinski definition) is 5. The van der Waals surface area contributed by atoms with Crippen molar-refractivity contribution in [2.75, 3.05) is 32.0 Å². The molecule has 3 heterocycles. The van der Waals surface area contributed by atoms with Gasteiger partial charge in [-0.3, -0.25) is 14.4 Å². The standard InChI is InChI=1S/C29H38Cl2N4O4/c1-3-4-14-34(2)15-16-35-25(27(37)32-18-8-6-5-7-9-18)29-13-12-22(39-29)23(24(29)28(35)38)26(36)33-19-10-11-20(30)21(31)17-19/h10-13,17-18,22-25H,3-9,14-16H2,1-2H3,(H,32,37)(H,33,36)/t22-,23-,24-,25-,29-/m0/s1. The number of nitrogens with zero attached hydrogens (tertiary/aromatic N) is 2. The second kappa shape index (κ2) is 11.8. The van der Waals surface area contributed by atoms with Crippen molar-refractivity contribution in [3.05, 3.63) is 40.4 Å². The number of amides is 3. The summed E-state index contributed by atoms with van der Waals surface area (Å²) in [5.74, 6) is -2.27. The highest BCUT2D eigenvalue weighted by atomic mass is 35.5. The number of halogens is 2. The lowest BCUT2D eigenvalue weighted by Gasteiger charge is -2.34. The Morgan fingerprint density at radius 2 is 1.90 bits per heavy atom. The van der Waals surface area contributed by atoms with Crippen molar-refractivity contribution < 1.29 is 19.1 Å². The first-order valence-corrected chi connectivity index (χ1v) is 14.9. The van der Waals surface area contributed by atoms with Crippen molar-refractivity contribution in [1.82, 2.24) is 15.1 Å². The van der Waals surface area contributed by atoms with Crippen LogP contribution in [-0.2, 0) is 19.1 Å². The molecule has 5 rings (SSSR count). The highest BCUT2D eigenvalue weighted by Gasteiger charge is 2.72. The summed E-state index contributed by atoms with van der Waals surface area (Å²) in [7, 11) is 2.03. The van der Waals surface area contributed by atoms with Gasteiger partial charge in [0, 0.05) is 24.8 Å². The molecule has 1 aromatic carbocycles. The van der Waals surface area contributed by atoms with Crippen molar-refractivity contribution >= 4 is 46.6 Å². The van der Waals surface area contributed by atoms with E-state index in [0.717, 1.165) is 45.1 Å². The number of benzene rings is 1. The van der Waals surface area contributed by atoms with Gasteiger partial charge < -0.3 is 25.2 Å². The lowest BCUT2D eigenvalue weighted by Crippen LogP contribution is -2.57. The summed E-state index contributed by atoms with van der Waals surface area (Å²) in [6.07, 6.45) is 10.5. The number of unbranched alkanes of at least 4 members (excludes halogenated alkanes) is 1. The fourth-order valence-electron chi connectivity index (χ4n) is 6.65. The monoisotopic (exact) mass is 576 g/mol. The molecule has 0 radical (unpaired) electrons. The third-order valence-corrected chi connectivity index (χ3v) is 9.42. The molecule has 1 aliphatic carbocycles. The molecule has 0 aromatic heterocycles. The topological polar surface area (TPSA) is 91.0 Å². The first-order valence-electron chi connectivity index (χ1n) is 14.2. The molecule has 1 saturated carbocycles. The van der Waals surface area contributed by atoms with Crippen LogP contribution in [0.25, 0.3) is 0 Å². The molecular weight excluding hydrogens is 539 g/mol. The van der Waals surface area contributed by atoms with Crippen LogP contribution in [0.1, 0.15) is 51.9 Å². The minimum absolute atomic E-state index is 0.0993. The quantitative estimate of drug-likeness (QED) is 0.406. The number of nitrogens with one attached hydrogen (secondary N) is 2. The number of anilines is 1. The molecule has 3 fully saturated rings. The van der Waals surface area contributed by atoms with Crippen LogP contribution in [0.4, 0.5) is 5.69 Å². The van der Waals surface area contributed by atoms with Gasteiger partial charge in [0.2, 0.25) is 17.7 Å². The Kier molecular flexibility index (Phi) is 8.57. The zero-order valence-electron chi connectivity index (χ0n) is 22.6. The van der Waals surface area contributed by atoms with E-state index in [0.29, 0.717) is 28.8 Å². The Morgan fingerprint density at radius 3 is 2.62 bits per heavy atom. The van der Waals surface area contributed by atoms with E-state index in [1.165, 1.54) is 6.42 Å². The maximum Gasteiger partial charge on any atom is 0.246 e. The fraction of sp³-hybridized carbons (Fsp3) is 0.621. The van der Waals surface area contributed by atoms with Crippen molar-refractivity contribution in [2.45, 2.75) is 75.7 Å². The van der Waals surface area contributed by atoms with Crippen LogP contribution >= 0.6 is 23.2 Å². The number of rotatable bonds is 10. The van der Waals surface area contributed by atoms with Crippen LogP contribution in [0.5, 0.6) is 0 Å². The second-order valence-electron chi connectivity index (χ2n) is 11.4. The number of carbonyl (C=O) groups is 3. The molecule has 212 valence electrons. The van der Waals surface area contributed by atoms with Gasteiger partial charge in [-0.05, 0) is 51.1 Å². The molecule has 3 amide bonds. The minimum atomic E-state index is -1.16. The van der Waals surface area contributed by atoms with Gasteiger partial charge in [-0.2, -0.15) is 0 Å². The molecule has 1 spiro atoms. The van der Waals surface area contributed by atoms with Crippen LogP contribution in [0.15, 0.2) is 30.4 Å². The molecule has 1 aromatic rings. The highest BCUT2D eigenvalue weighted by Crippen LogP contribution is 2.55. The summed E-state index contributed by atoms with van der Waals surface area (Å²) < 4.78 is 6.44. The molecule has 4 aliphatic rings. The number of likely N-dealkylation sites (N-methyl/N-ethyl adjacent to an activating group) is 1. The van der Waals surface area contributed by atoms with Gasteiger partial charge in [0.05, 0.1) is 28.0 Å². The Bertz CT molecular complexity index is 1140. The van der Waals surface area contributed by atoms with E-state index < -0.39 is 29.6 Å². The van der Waals surface area contributed by atoms with Gasteiger partial charge in [0.15, 0.2) is 0 Å². The molecule has 2 bridgehead atoms. The van der Waals surface area contributed by atoms with Gasteiger partial charge in [0.25, 0.3) is 0 Å². The molecule has 8 nitrogen and oxygen atoms in total. The van der Waals surface area contributed by atoms with E-state index in [-0.39, 0.29) is 23.8 Å². The van der Waals surface area contributed by atoms with E-state index in [1.807, 2.05) is 19.2 Å². The van der Waals surface area contributed by atoms with Crippen LogP contribution in [0, 0.1) is 11.8 Å². The van der Waals surface area contributed by atoms with Crippen LogP contribution in [0.3, 0.4) is 0 Å². The van der Waals surface area contributed by atoms with E-state index in [9.17, 15) is 14.4 Å². The van der Waals surface area contributed by atoms with Crippen molar-refractivity contribution in [3.63, 3.8) is 0 Å². The Labute approximate surface area is 240 Å². The predicted molar refractivity (Wildman–Crippen MR) is 152 cm³/mol. The van der Waals surface area contributed by atoms with E-state index in [2.05, 4.69) is 22.5 Å². The molecule has 2 N–H and O–H groups in total. The van der Waals surface area contributed by atoms with E-state index >= 15 is 0 Å². The number of hydrogen-bond donors (Lipinski definition) is 2. The largest absolute Gasteiger partial charge is 0.359 e. The molecule has 5 atom stereocenters. The zero-order valence-corrected chi connectivity index (χ0v) is 24.1. The van der Waals surface area contributed by atoms with Gasteiger partial charge in [-0.1, -0.05) is 68.0 Å². The Balaban J connectivity index is 1.40. The van der Waals surface area contributed by atoms with Gasteiger partial charge in [0.1, 0.15) is 11.6 Å². The zero-order chi connectivity index (χ0) is 27.7. The number of carbonyl (C=O) groups excluding carboxylic acids is 3. The third-order valence-electron chi connectivity index (χ3n) is 8.68. The molecule has 10 heteroatoms. The smallest absolute Gasteiger partial charge is 0.246 e. The highest BCUT2D eigenvalue weighted by molar-refractivity contribution is 6.42. The van der Waals surface area contributed by atoms with Crippen LogP contribution in [-0.4, -0.2) is 78.0 Å². The summed E-state index contributed by atoms with van der Waals surface area (Å²) in [4.78, 5) is 45.4. The third kappa shape index (κ3) is 5.45. The van der Waals surface area contributed by atoms with Gasteiger partial charge in [-0.15, -0.1) is 0 Å². The van der Waals surface area contributed by atoms with Gasteiger partial charge >= 0.3 is 0 Å². The average molecular weight is 578 g/mol. The summed E-state index contributed by atoms with van der Waals surface area (Å²) in [6.45, 7) is 4.09. The Morgan fingerprint density at radius 1 is 1.13 bits per heavy atom. The SMILES string of the molecule is CCCCN(C)CCN1C(=O)[C@@H]2[C@@H](C(=O)Nc3ccc(Cl)c(Cl)c3)[C@@H]3C=C[C@@]2(O3)[C@@H]1C(=O)NC1CCCCC1. The van der Waals surface area contributed by atoms with E-state index in [1.54, 1.807) is 23.1 Å². The first-order chi connectivity index (χ1) is 18.7. The number of fused-ring (bicyclic) bond motifs is 1. The average Bonchev–Trinajstić information content (AvgIpc) is 3.56. The fourth-order valence-corrected chi connectivity index (χ4v) is 6.95.